The summed E-state index contributed by atoms with van der Waals surface area (Å²) in [5, 5.41) is 0. The summed E-state index contributed by atoms with van der Waals surface area (Å²) in [5.74, 6) is -15.1. The van der Waals surface area contributed by atoms with Crippen molar-refractivity contribution in [2.24, 2.45) is 0 Å². The molecule has 21 heavy (non-hydrogen) atoms. The van der Waals surface area contributed by atoms with Crippen LogP contribution in [0.5, 0.6) is 0 Å². The molecule has 11 heteroatoms. The zero-order valence-corrected chi connectivity index (χ0v) is 10.7. The molecular formula is C10H10F8O3. The number of halogens is 8. The van der Waals surface area contributed by atoms with Crippen molar-refractivity contribution < 1.29 is 49.3 Å². The lowest BCUT2D eigenvalue weighted by molar-refractivity contribution is -0.342. The van der Waals surface area contributed by atoms with E-state index in [9.17, 15) is 35.1 Å². The van der Waals surface area contributed by atoms with Gasteiger partial charge >= 0.3 is 24.1 Å². The van der Waals surface area contributed by atoms with Crippen LogP contribution in [-0.4, -0.2) is 38.3 Å². The molecule has 0 aromatic heterocycles. The predicted octanol–water partition coefficient (Wildman–Crippen LogP) is 3.78. The molecule has 0 aliphatic carbocycles. The Morgan fingerprint density at radius 1 is 0.667 bits per heavy atom. The minimum absolute atomic E-state index is 0.198. The van der Waals surface area contributed by atoms with Gasteiger partial charge in [-0.3, -0.25) is 0 Å². The Labute approximate surface area is 113 Å². The van der Waals surface area contributed by atoms with Crippen LogP contribution in [0.25, 0.3) is 0 Å². The van der Waals surface area contributed by atoms with E-state index >= 15 is 0 Å². The lowest BCUT2D eigenvalue weighted by Crippen LogP contribution is -2.47. The van der Waals surface area contributed by atoms with Crippen molar-refractivity contribution in [3.63, 3.8) is 0 Å². The van der Waals surface area contributed by atoms with Crippen molar-refractivity contribution in [2.75, 3.05) is 14.2 Å². The molecule has 0 fully saturated rings. The first-order chi connectivity index (χ1) is 9.17. The van der Waals surface area contributed by atoms with Crippen LogP contribution in [0.2, 0.25) is 0 Å². The zero-order chi connectivity index (χ0) is 17.3. The maximum absolute atomic E-state index is 13.1. The largest absolute Gasteiger partial charge is 0.454 e. The second-order valence-corrected chi connectivity index (χ2v) is 3.54. The summed E-state index contributed by atoms with van der Waals surface area (Å²) in [4.78, 5) is 0. The third kappa shape index (κ3) is 3.46. The Morgan fingerprint density at radius 3 is 1.10 bits per heavy atom. The molecule has 0 aliphatic rings. The minimum atomic E-state index is -5.27. The first-order valence-electron chi connectivity index (χ1n) is 4.85. The van der Waals surface area contributed by atoms with Crippen LogP contribution >= 0.6 is 0 Å². The van der Waals surface area contributed by atoms with E-state index < -0.39 is 35.6 Å². The van der Waals surface area contributed by atoms with Gasteiger partial charge in [0, 0.05) is 14.2 Å². The average Bonchev–Trinajstić information content (AvgIpc) is 2.37. The van der Waals surface area contributed by atoms with Gasteiger partial charge in [0.1, 0.15) is 0 Å². The molecule has 0 radical (unpaired) electrons. The molecule has 124 valence electrons. The molecule has 0 aromatic carbocycles. The maximum atomic E-state index is 13.1. The van der Waals surface area contributed by atoms with E-state index in [2.05, 4.69) is 27.4 Å². The van der Waals surface area contributed by atoms with Gasteiger partial charge < -0.3 is 14.2 Å². The lowest BCUT2D eigenvalue weighted by atomic mass is 10.2. The fraction of sp³-hybridized carbons (Fsp3) is 0.600. The van der Waals surface area contributed by atoms with Crippen LogP contribution in [0.3, 0.4) is 0 Å². The lowest BCUT2D eigenvalue weighted by Gasteiger charge is -2.29. The maximum Gasteiger partial charge on any atom is 0.426 e. The molecule has 0 aromatic rings. The molecule has 0 amide bonds. The normalized spacial score (nSPS) is 14.0. The van der Waals surface area contributed by atoms with Gasteiger partial charge in [-0.1, -0.05) is 13.2 Å². The standard InChI is InChI=1S/C10H10F8O3/c1-5(7(11,12)9(15,16)19-3)21-6(2)8(13,14)10(17,18)20-4/h1-2H2,3-4H3. The molecule has 0 unspecified atom stereocenters. The number of rotatable bonds is 8. The van der Waals surface area contributed by atoms with Crippen molar-refractivity contribution >= 4 is 0 Å². The molecule has 0 aliphatic heterocycles. The van der Waals surface area contributed by atoms with Gasteiger partial charge in [0.25, 0.3) is 0 Å². The van der Waals surface area contributed by atoms with Gasteiger partial charge in [0.15, 0.2) is 11.5 Å². The van der Waals surface area contributed by atoms with Crippen LogP contribution in [0.15, 0.2) is 24.7 Å². The minimum Gasteiger partial charge on any atom is -0.454 e. The van der Waals surface area contributed by atoms with Crippen LogP contribution in [0.4, 0.5) is 35.1 Å². The van der Waals surface area contributed by atoms with E-state index in [4.69, 9.17) is 0 Å². The number of alkyl halides is 8. The Bertz CT molecular complexity index is 381. The van der Waals surface area contributed by atoms with Crippen molar-refractivity contribution in [2.45, 2.75) is 24.1 Å². The summed E-state index contributed by atoms with van der Waals surface area (Å²) in [6, 6.07) is 0. The van der Waals surface area contributed by atoms with Gasteiger partial charge in [0.2, 0.25) is 0 Å². The Balaban J connectivity index is 5.25. The molecule has 0 saturated carbocycles. The molecule has 3 nitrogen and oxygen atoms in total. The number of hydrogen-bond acceptors (Lipinski definition) is 3. The summed E-state index contributed by atoms with van der Waals surface area (Å²) < 4.78 is 113. The highest BCUT2D eigenvalue weighted by molar-refractivity contribution is 5.12. The number of hydrogen-bond donors (Lipinski definition) is 0. The van der Waals surface area contributed by atoms with Gasteiger partial charge in [-0.05, 0) is 0 Å². The Morgan fingerprint density at radius 2 is 0.905 bits per heavy atom. The zero-order valence-electron chi connectivity index (χ0n) is 10.7. The summed E-state index contributed by atoms with van der Waals surface area (Å²) in [7, 11) is 0.396. The van der Waals surface area contributed by atoms with Gasteiger partial charge in [-0.25, -0.2) is 0 Å². The van der Waals surface area contributed by atoms with Crippen molar-refractivity contribution in [1.29, 1.82) is 0 Å². The highest BCUT2D eigenvalue weighted by Gasteiger charge is 2.64. The molecular weight excluding hydrogens is 320 g/mol. The molecule has 0 saturated heterocycles. The first kappa shape index (κ1) is 19.6. The van der Waals surface area contributed by atoms with Crippen LogP contribution in [-0.2, 0) is 14.2 Å². The SMILES string of the molecule is C=C(OC(=C)C(F)(F)C(F)(F)OC)C(F)(F)C(F)(F)OC. The third-order valence-corrected chi connectivity index (χ3v) is 2.19. The van der Waals surface area contributed by atoms with Crippen molar-refractivity contribution in [3.8, 4) is 0 Å². The Kier molecular flexibility index (Phi) is 5.42. The average molecular weight is 330 g/mol. The third-order valence-electron chi connectivity index (χ3n) is 2.19. The highest BCUT2D eigenvalue weighted by atomic mass is 19.3. The number of methoxy groups -OCH3 is 2. The van der Waals surface area contributed by atoms with E-state index in [1.54, 1.807) is 0 Å². The highest BCUT2D eigenvalue weighted by Crippen LogP contribution is 2.45. The first-order valence-corrected chi connectivity index (χ1v) is 4.85. The van der Waals surface area contributed by atoms with Gasteiger partial charge in [0.05, 0.1) is 0 Å². The van der Waals surface area contributed by atoms with E-state index in [-0.39, 0.29) is 14.2 Å². The summed E-state index contributed by atoms with van der Waals surface area (Å²) in [6.45, 7) is 4.58. The molecule has 0 atom stereocenters. The van der Waals surface area contributed by atoms with Crippen molar-refractivity contribution in [1.82, 2.24) is 0 Å². The smallest absolute Gasteiger partial charge is 0.426 e. The van der Waals surface area contributed by atoms with E-state index in [1.807, 2.05) is 0 Å². The molecule has 0 spiro atoms. The van der Waals surface area contributed by atoms with E-state index in [0.29, 0.717) is 0 Å². The van der Waals surface area contributed by atoms with Crippen LogP contribution < -0.4 is 0 Å². The van der Waals surface area contributed by atoms with Gasteiger partial charge in [-0.15, -0.1) is 0 Å². The molecule has 0 bridgehead atoms. The molecule has 0 rings (SSSR count). The van der Waals surface area contributed by atoms with E-state index in [1.165, 1.54) is 0 Å². The second-order valence-electron chi connectivity index (χ2n) is 3.54. The monoisotopic (exact) mass is 330 g/mol. The van der Waals surface area contributed by atoms with Gasteiger partial charge in [-0.2, -0.15) is 35.1 Å². The summed E-state index contributed by atoms with van der Waals surface area (Å²) >= 11 is 0. The quantitative estimate of drug-likeness (QED) is 0.501. The fourth-order valence-corrected chi connectivity index (χ4v) is 0.858. The number of ether oxygens (including phenoxy) is 3. The van der Waals surface area contributed by atoms with E-state index in [0.717, 1.165) is 0 Å². The van der Waals surface area contributed by atoms with Crippen molar-refractivity contribution in [3.05, 3.63) is 24.7 Å². The predicted molar refractivity (Wildman–Crippen MR) is 53.2 cm³/mol. The Hall–Kier alpha value is -1.36. The topological polar surface area (TPSA) is 27.7 Å². The van der Waals surface area contributed by atoms with Crippen LogP contribution in [0.1, 0.15) is 0 Å². The summed E-state index contributed by atoms with van der Waals surface area (Å²) in [5.41, 5.74) is 0. The fourth-order valence-electron chi connectivity index (χ4n) is 0.858. The van der Waals surface area contributed by atoms with Crippen LogP contribution in [0, 0.1) is 0 Å². The molecule has 0 N–H and O–H groups in total. The summed E-state index contributed by atoms with van der Waals surface area (Å²) in [6.07, 6.45) is -10.3. The molecule has 0 heterocycles. The second kappa shape index (κ2) is 5.79.